The van der Waals surface area contributed by atoms with Gasteiger partial charge in [-0.1, -0.05) is 0 Å². The van der Waals surface area contributed by atoms with Gasteiger partial charge in [0.2, 0.25) is 0 Å². The summed E-state index contributed by atoms with van der Waals surface area (Å²) in [6, 6.07) is 9.22. The van der Waals surface area contributed by atoms with Crippen LogP contribution in [0.5, 0.6) is 0 Å². The molecule has 3 aromatic heterocycles. The van der Waals surface area contributed by atoms with Gasteiger partial charge in [-0.3, -0.25) is 4.98 Å². The van der Waals surface area contributed by atoms with E-state index >= 15 is 0 Å². The molecule has 8 nitrogen and oxygen atoms in total. The number of nitrogens with zero attached hydrogens (tertiary/aromatic N) is 6. The highest BCUT2D eigenvalue weighted by atomic mass is 32.2. The molecule has 1 N–H and O–H groups in total. The Bertz CT molecular complexity index is 1630. The molecule has 0 spiro atoms. The van der Waals surface area contributed by atoms with Crippen LogP contribution in [-0.4, -0.2) is 54.9 Å². The average molecular weight is 522 g/mol. The largest absolute Gasteiger partial charge is 0.346 e. The van der Waals surface area contributed by atoms with Gasteiger partial charge in [-0.05, 0) is 55.2 Å². The van der Waals surface area contributed by atoms with Crippen molar-refractivity contribution in [2.75, 3.05) is 36.0 Å². The molecule has 2 saturated heterocycles. The Morgan fingerprint density at radius 1 is 1.11 bits per heavy atom. The lowest BCUT2D eigenvalue weighted by molar-refractivity contribution is 0.544. The zero-order valence-electron chi connectivity index (χ0n) is 20.0. The molecule has 4 aromatic rings. The summed E-state index contributed by atoms with van der Waals surface area (Å²) in [5, 5.41) is 7.64. The van der Waals surface area contributed by atoms with Gasteiger partial charge in [0.15, 0.2) is 5.65 Å². The van der Waals surface area contributed by atoms with E-state index in [-0.39, 0.29) is 11.7 Å². The van der Waals surface area contributed by atoms with Crippen molar-refractivity contribution < 1.29 is 13.0 Å². The molecule has 0 amide bonds. The summed E-state index contributed by atoms with van der Waals surface area (Å²) in [6.45, 7) is 2.13. The van der Waals surface area contributed by atoms with Crippen LogP contribution >= 0.6 is 0 Å². The molecule has 0 unspecified atom stereocenters. The van der Waals surface area contributed by atoms with Crippen LogP contribution in [0.3, 0.4) is 0 Å². The number of halogens is 2. The summed E-state index contributed by atoms with van der Waals surface area (Å²) in [4.78, 5) is 11.6. The van der Waals surface area contributed by atoms with Crippen LogP contribution in [0.2, 0.25) is 0 Å². The van der Waals surface area contributed by atoms with E-state index in [4.69, 9.17) is 4.98 Å². The van der Waals surface area contributed by atoms with Crippen LogP contribution in [0.4, 0.5) is 20.3 Å². The minimum atomic E-state index is -2.26. The smallest absolute Gasteiger partial charge is 0.166 e. The van der Waals surface area contributed by atoms with E-state index in [1.54, 1.807) is 16.9 Å². The third kappa shape index (κ3) is 3.71. The molecule has 11 heteroatoms. The molecule has 37 heavy (non-hydrogen) atoms. The number of benzene rings is 1. The van der Waals surface area contributed by atoms with Crippen LogP contribution in [0.15, 0.2) is 59.4 Å². The van der Waals surface area contributed by atoms with E-state index in [1.807, 2.05) is 24.4 Å². The standard InChI is InChI=1S/C26H25F2N7OS/c27-18-1-3-22(28)21(13-18)26-14-17(26)5-9-34(26)24-6-10-35-25(32-24)20(16-31-35)23-4-2-19(15-30-23)33-37(36)11-7-29-8-12-37/h1-4,6,10,13,15-17,29H,5,7-9,11-12,14H2/t17-,26+/m0/s1. The van der Waals surface area contributed by atoms with Gasteiger partial charge in [0.05, 0.1) is 44.6 Å². The Labute approximate surface area is 212 Å². The first-order valence-corrected chi connectivity index (χ1v) is 14.3. The number of pyridine rings is 1. The molecule has 1 aromatic carbocycles. The summed E-state index contributed by atoms with van der Waals surface area (Å²) in [5.74, 6) is 1.23. The molecular formula is C26H25F2N7OS. The maximum absolute atomic E-state index is 14.8. The summed E-state index contributed by atoms with van der Waals surface area (Å²) in [5.41, 5.74) is 2.48. The lowest BCUT2D eigenvalue weighted by Gasteiger charge is -2.30. The molecule has 3 fully saturated rings. The lowest BCUT2D eigenvalue weighted by Crippen LogP contribution is -2.35. The van der Waals surface area contributed by atoms with E-state index in [9.17, 15) is 13.0 Å². The van der Waals surface area contributed by atoms with Crippen molar-refractivity contribution in [1.29, 1.82) is 0 Å². The summed E-state index contributed by atoms with van der Waals surface area (Å²) < 4.78 is 48.0. The molecule has 1 aliphatic carbocycles. The van der Waals surface area contributed by atoms with Crippen LogP contribution in [0.1, 0.15) is 18.4 Å². The first-order chi connectivity index (χ1) is 18.0. The first-order valence-electron chi connectivity index (χ1n) is 12.4. The van der Waals surface area contributed by atoms with Gasteiger partial charge >= 0.3 is 0 Å². The predicted molar refractivity (Wildman–Crippen MR) is 137 cm³/mol. The maximum Gasteiger partial charge on any atom is 0.166 e. The van der Waals surface area contributed by atoms with Gasteiger partial charge in [0.25, 0.3) is 0 Å². The highest BCUT2D eigenvalue weighted by Crippen LogP contribution is 2.63. The van der Waals surface area contributed by atoms with Crippen molar-refractivity contribution in [2.45, 2.75) is 18.4 Å². The van der Waals surface area contributed by atoms with Crippen molar-refractivity contribution in [2.24, 2.45) is 10.3 Å². The van der Waals surface area contributed by atoms with Gasteiger partial charge in [0.1, 0.15) is 17.5 Å². The highest BCUT2D eigenvalue weighted by Gasteiger charge is 2.64. The molecule has 2 aliphatic heterocycles. The number of piperidine rings is 1. The molecule has 2 atom stereocenters. The van der Waals surface area contributed by atoms with E-state index in [2.05, 4.69) is 24.7 Å². The van der Waals surface area contributed by atoms with E-state index in [0.717, 1.165) is 31.0 Å². The van der Waals surface area contributed by atoms with Crippen LogP contribution in [0.25, 0.3) is 16.9 Å². The van der Waals surface area contributed by atoms with Crippen molar-refractivity contribution in [1.82, 2.24) is 24.9 Å². The summed E-state index contributed by atoms with van der Waals surface area (Å²) in [7, 11) is -2.26. The zero-order chi connectivity index (χ0) is 25.2. The molecule has 5 heterocycles. The minimum absolute atomic E-state index is 0.274. The molecule has 0 bridgehead atoms. The summed E-state index contributed by atoms with van der Waals surface area (Å²) >= 11 is 0. The number of aromatic nitrogens is 4. The molecule has 190 valence electrons. The lowest BCUT2D eigenvalue weighted by atomic mass is 10.0. The Morgan fingerprint density at radius 2 is 1.97 bits per heavy atom. The first kappa shape index (κ1) is 22.7. The Morgan fingerprint density at radius 3 is 2.76 bits per heavy atom. The normalized spacial score (nSPS) is 24.3. The Hall–Kier alpha value is -3.44. The molecule has 0 radical (unpaired) electrons. The molecule has 1 saturated carbocycles. The van der Waals surface area contributed by atoms with Crippen LogP contribution < -0.4 is 10.2 Å². The second-order valence-corrected chi connectivity index (χ2v) is 12.5. The fourth-order valence-corrected chi connectivity index (χ4v) is 7.67. The van der Waals surface area contributed by atoms with Gasteiger partial charge in [0, 0.05) is 42.9 Å². The fourth-order valence-electron chi connectivity index (χ4n) is 5.86. The average Bonchev–Trinajstić information content (AvgIpc) is 3.28. The zero-order valence-corrected chi connectivity index (χ0v) is 20.8. The minimum Gasteiger partial charge on any atom is -0.346 e. The van der Waals surface area contributed by atoms with Gasteiger partial charge in [-0.2, -0.15) is 9.46 Å². The number of fused-ring (bicyclic) bond motifs is 2. The quantitative estimate of drug-likeness (QED) is 0.438. The number of anilines is 1. The van der Waals surface area contributed by atoms with Crippen molar-refractivity contribution in [3.05, 3.63) is 72.2 Å². The monoisotopic (exact) mass is 521 g/mol. The van der Waals surface area contributed by atoms with Crippen molar-refractivity contribution in [3.63, 3.8) is 0 Å². The predicted octanol–water partition coefficient (Wildman–Crippen LogP) is 3.90. The number of nitrogens with one attached hydrogen (secondary N) is 1. The van der Waals surface area contributed by atoms with Gasteiger partial charge in [-0.15, -0.1) is 0 Å². The van der Waals surface area contributed by atoms with Gasteiger partial charge in [-0.25, -0.2) is 22.5 Å². The van der Waals surface area contributed by atoms with Crippen LogP contribution in [0, 0.1) is 17.6 Å². The summed E-state index contributed by atoms with van der Waals surface area (Å²) in [6.07, 6.45) is 6.86. The van der Waals surface area contributed by atoms with E-state index in [0.29, 0.717) is 53.0 Å². The SMILES string of the molecule is O=S1(=Nc2ccc(-c3cnn4ccc(N5CC[C@H]6C[C@]65c5cc(F)ccc5F)nc34)nc2)CCNCC1. The topological polar surface area (TPSA) is 87.8 Å². The Balaban J connectivity index is 1.24. The van der Waals surface area contributed by atoms with E-state index in [1.165, 1.54) is 12.1 Å². The third-order valence-electron chi connectivity index (χ3n) is 7.77. The van der Waals surface area contributed by atoms with E-state index < -0.39 is 21.1 Å². The second-order valence-electron chi connectivity index (χ2n) is 9.93. The number of hydrogen-bond donors (Lipinski definition) is 1. The van der Waals surface area contributed by atoms with Crippen molar-refractivity contribution in [3.8, 4) is 11.3 Å². The molecule has 7 rings (SSSR count). The second kappa shape index (κ2) is 8.29. The maximum atomic E-state index is 14.8. The fraction of sp³-hybridized carbons (Fsp3) is 0.346. The third-order valence-corrected chi connectivity index (χ3v) is 10.0. The Kier molecular flexibility index (Phi) is 5.09. The molecule has 3 aliphatic rings. The van der Waals surface area contributed by atoms with Gasteiger partial charge < -0.3 is 10.2 Å². The van der Waals surface area contributed by atoms with Crippen LogP contribution in [-0.2, 0) is 15.3 Å². The molecular weight excluding hydrogens is 496 g/mol. The highest BCUT2D eigenvalue weighted by molar-refractivity contribution is 7.93. The van der Waals surface area contributed by atoms with Crippen molar-refractivity contribution >= 4 is 26.9 Å². The number of hydrogen-bond acceptors (Lipinski definition) is 7. The number of rotatable bonds is 4.